The third-order valence-corrected chi connectivity index (χ3v) is 2.59. The van der Waals surface area contributed by atoms with Crippen LogP contribution in [0.3, 0.4) is 0 Å². The van der Waals surface area contributed by atoms with Gasteiger partial charge >= 0.3 is 5.97 Å². The van der Waals surface area contributed by atoms with Crippen LogP contribution in [0.15, 0.2) is 60.7 Å². The number of hydrogen-bond donors (Lipinski definition) is 1. The molecule has 0 saturated carbocycles. The van der Waals surface area contributed by atoms with Crippen LogP contribution in [0.4, 0.5) is 0 Å². The van der Waals surface area contributed by atoms with Gasteiger partial charge in [-0.1, -0.05) is 60.7 Å². The van der Waals surface area contributed by atoms with E-state index >= 15 is 0 Å². The summed E-state index contributed by atoms with van der Waals surface area (Å²) >= 11 is 0. The van der Waals surface area contributed by atoms with Gasteiger partial charge in [0.1, 0.15) is 0 Å². The van der Waals surface area contributed by atoms with Gasteiger partial charge in [0.2, 0.25) is 0 Å². The predicted molar refractivity (Wildman–Crippen MR) is 68.0 cm³/mol. The van der Waals surface area contributed by atoms with Gasteiger partial charge in [0, 0.05) is 0 Å². The van der Waals surface area contributed by atoms with Gasteiger partial charge in [0.15, 0.2) is 6.10 Å². The number of carbonyl (C=O) groups is 1. The number of carboxylic acid groups (broad SMARTS) is 1. The first-order chi connectivity index (χ1) is 8.77. The summed E-state index contributed by atoms with van der Waals surface area (Å²) in [5.41, 5.74) is 1.61. The van der Waals surface area contributed by atoms with E-state index in [1.807, 2.05) is 36.4 Å². The molecule has 0 saturated heterocycles. The van der Waals surface area contributed by atoms with E-state index in [4.69, 9.17) is 4.74 Å². The SMILES string of the molecule is O=C(O)[C@H](OCc1ccccc1)c1ccccc1. The predicted octanol–water partition coefficient (Wildman–Crippen LogP) is 3.03. The van der Waals surface area contributed by atoms with E-state index in [2.05, 4.69) is 0 Å². The Balaban J connectivity index is 2.06. The van der Waals surface area contributed by atoms with E-state index in [0.29, 0.717) is 5.56 Å². The normalized spacial score (nSPS) is 12.0. The van der Waals surface area contributed by atoms with Crippen molar-refractivity contribution in [3.63, 3.8) is 0 Å². The van der Waals surface area contributed by atoms with Crippen molar-refractivity contribution >= 4 is 5.97 Å². The van der Waals surface area contributed by atoms with E-state index in [-0.39, 0.29) is 6.61 Å². The van der Waals surface area contributed by atoms with Crippen molar-refractivity contribution in [3.05, 3.63) is 71.8 Å². The molecule has 1 N–H and O–H groups in total. The third kappa shape index (κ3) is 3.18. The molecule has 3 nitrogen and oxygen atoms in total. The molecular formula is C15H14O3. The quantitative estimate of drug-likeness (QED) is 0.876. The van der Waals surface area contributed by atoms with Crippen molar-refractivity contribution in [1.29, 1.82) is 0 Å². The Hall–Kier alpha value is -2.13. The van der Waals surface area contributed by atoms with Crippen molar-refractivity contribution in [2.75, 3.05) is 0 Å². The highest BCUT2D eigenvalue weighted by molar-refractivity contribution is 5.74. The van der Waals surface area contributed by atoms with Crippen LogP contribution in [0.2, 0.25) is 0 Å². The molecule has 0 radical (unpaired) electrons. The molecule has 92 valence electrons. The van der Waals surface area contributed by atoms with E-state index in [9.17, 15) is 9.90 Å². The van der Waals surface area contributed by atoms with Gasteiger partial charge in [-0.25, -0.2) is 4.79 Å². The Bertz CT molecular complexity index is 494. The van der Waals surface area contributed by atoms with Crippen LogP contribution in [0.25, 0.3) is 0 Å². The van der Waals surface area contributed by atoms with Crippen molar-refractivity contribution < 1.29 is 14.6 Å². The zero-order valence-corrected chi connectivity index (χ0v) is 9.82. The molecule has 3 heteroatoms. The maximum Gasteiger partial charge on any atom is 0.337 e. The average molecular weight is 242 g/mol. The van der Waals surface area contributed by atoms with Gasteiger partial charge in [-0.15, -0.1) is 0 Å². The fourth-order valence-electron chi connectivity index (χ4n) is 1.69. The summed E-state index contributed by atoms with van der Waals surface area (Å²) in [6.45, 7) is 0.284. The molecule has 0 amide bonds. The molecule has 2 aromatic rings. The molecule has 0 aliphatic rings. The topological polar surface area (TPSA) is 46.5 Å². The molecule has 2 rings (SSSR count). The zero-order chi connectivity index (χ0) is 12.8. The summed E-state index contributed by atoms with van der Waals surface area (Å²) in [6.07, 6.45) is -0.925. The van der Waals surface area contributed by atoms with Crippen LogP contribution in [0.5, 0.6) is 0 Å². The highest BCUT2D eigenvalue weighted by Gasteiger charge is 2.19. The number of rotatable bonds is 5. The monoisotopic (exact) mass is 242 g/mol. The molecule has 0 aliphatic heterocycles. The lowest BCUT2D eigenvalue weighted by molar-refractivity contribution is -0.151. The van der Waals surface area contributed by atoms with Gasteiger partial charge in [-0.3, -0.25) is 0 Å². The van der Waals surface area contributed by atoms with Crippen LogP contribution in [-0.4, -0.2) is 11.1 Å². The van der Waals surface area contributed by atoms with Crippen LogP contribution in [0, 0.1) is 0 Å². The largest absolute Gasteiger partial charge is 0.479 e. The Morgan fingerprint density at radius 1 is 1.00 bits per heavy atom. The smallest absolute Gasteiger partial charge is 0.337 e. The molecule has 18 heavy (non-hydrogen) atoms. The fraction of sp³-hybridized carbons (Fsp3) is 0.133. The summed E-state index contributed by atoms with van der Waals surface area (Å²) in [4.78, 5) is 11.2. The third-order valence-electron chi connectivity index (χ3n) is 2.59. The molecule has 0 heterocycles. The first kappa shape index (κ1) is 12.3. The first-order valence-corrected chi connectivity index (χ1v) is 5.70. The minimum absolute atomic E-state index is 0.284. The Labute approximate surface area is 106 Å². The first-order valence-electron chi connectivity index (χ1n) is 5.70. The average Bonchev–Trinajstić information content (AvgIpc) is 2.41. The van der Waals surface area contributed by atoms with Crippen LogP contribution < -0.4 is 0 Å². The molecule has 1 atom stereocenters. The standard InChI is InChI=1S/C15H14O3/c16-15(17)14(13-9-5-2-6-10-13)18-11-12-7-3-1-4-8-12/h1-10,14H,11H2,(H,16,17)/t14-/m1/s1. The second-order valence-electron chi connectivity index (χ2n) is 3.93. The number of hydrogen-bond acceptors (Lipinski definition) is 2. The summed E-state index contributed by atoms with van der Waals surface area (Å²) in [5.74, 6) is -0.975. The zero-order valence-electron chi connectivity index (χ0n) is 9.82. The minimum Gasteiger partial charge on any atom is -0.479 e. The van der Waals surface area contributed by atoms with E-state index in [0.717, 1.165) is 5.56 Å². The van der Waals surface area contributed by atoms with Crippen LogP contribution in [-0.2, 0) is 16.1 Å². The lowest BCUT2D eigenvalue weighted by Crippen LogP contribution is -2.15. The fourth-order valence-corrected chi connectivity index (χ4v) is 1.69. The van der Waals surface area contributed by atoms with Gasteiger partial charge in [0.25, 0.3) is 0 Å². The minimum atomic E-state index is -0.975. The molecule has 0 bridgehead atoms. The maximum atomic E-state index is 11.2. The van der Waals surface area contributed by atoms with Gasteiger partial charge in [0.05, 0.1) is 6.61 Å². The maximum absolute atomic E-state index is 11.2. The Morgan fingerprint density at radius 2 is 1.56 bits per heavy atom. The lowest BCUT2D eigenvalue weighted by Gasteiger charge is -2.13. The van der Waals surface area contributed by atoms with Gasteiger partial charge in [-0.2, -0.15) is 0 Å². The molecule has 0 fully saturated rings. The second-order valence-corrected chi connectivity index (χ2v) is 3.93. The van der Waals surface area contributed by atoms with Crippen LogP contribution >= 0.6 is 0 Å². The van der Waals surface area contributed by atoms with Crippen molar-refractivity contribution in [1.82, 2.24) is 0 Å². The summed E-state index contributed by atoms with van der Waals surface area (Å²) in [7, 11) is 0. The van der Waals surface area contributed by atoms with E-state index in [1.165, 1.54) is 0 Å². The Kier molecular flexibility index (Phi) is 4.10. The van der Waals surface area contributed by atoms with Gasteiger partial charge in [-0.05, 0) is 11.1 Å². The van der Waals surface area contributed by atoms with Crippen molar-refractivity contribution in [2.24, 2.45) is 0 Å². The highest BCUT2D eigenvalue weighted by Crippen LogP contribution is 2.19. The van der Waals surface area contributed by atoms with E-state index in [1.54, 1.807) is 24.3 Å². The summed E-state index contributed by atoms with van der Waals surface area (Å²) in [6, 6.07) is 18.5. The molecule has 2 aromatic carbocycles. The van der Waals surface area contributed by atoms with E-state index < -0.39 is 12.1 Å². The van der Waals surface area contributed by atoms with Crippen molar-refractivity contribution in [3.8, 4) is 0 Å². The molecular weight excluding hydrogens is 228 g/mol. The highest BCUT2D eigenvalue weighted by atomic mass is 16.5. The summed E-state index contributed by atoms with van der Waals surface area (Å²) < 4.78 is 5.48. The second kappa shape index (κ2) is 5.98. The molecule has 0 aromatic heterocycles. The molecule has 0 unspecified atom stereocenters. The number of aliphatic carboxylic acids is 1. The van der Waals surface area contributed by atoms with Crippen LogP contribution in [0.1, 0.15) is 17.2 Å². The van der Waals surface area contributed by atoms with Crippen molar-refractivity contribution in [2.45, 2.75) is 12.7 Å². The molecule has 0 aliphatic carbocycles. The number of benzene rings is 2. The van der Waals surface area contributed by atoms with Gasteiger partial charge < -0.3 is 9.84 Å². The lowest BCUT2D eigenvalue weighted by atomic mass is 10.1. The number of carboxylic acids is 1. The summed E-state index contributed by atoms with van der Waals surface area (Å²) in [5, 5.41) is 9.18. The molecule has 0 spiro atoms. The Morgan fingerprint density at radius 3 is 2.11 bits per heavy atom. The number of ether oxygens (including phenoxy) is 1.